The van der Waals surface area contributed by atoms with Gasteiger partial charge in [-0.15, -0.1) is 0 Å². The van der Waals surface area contributed by atoms with Crippen molar-refractivity contribution in [1.82, 2.24) is 10.6 Å². The van der Waals surface area contributed by atoms with Gasteiger partial charge in [0.15, 0.2) is 0 Å². The highest BCUT2D eigenvalue weighted by Gasteiger charge is 1.99. The Labute approximate surface area is 124 Å². The van der Waals surface area contributed by atoms with E-state index in [1.807, 2.05) is 60.7 Å². The molecule has 2 rings (SSSR count). The lowest BCUT2D eigenvalue weighted by atomic mass is 10.2. The van der Waals surface area contributed by atoms with Crippen LogP contribution in [-0.2, 0) is 6.54 Å². The summed E-state index contributed by atoms with van der Waals surface area (Å²) in [7, 11) is 1.62. The monoisotopic (exact) mass is 282 g/mol. The molecular weight excluding hydrogens is 264 g/mol. The van der Waals surface area contributed by atoms with Crippen molar-refractivity contribution in [1.29, 1.82) is 0 Å². The van der Waals surface area contributed by atoms with Crippen LogP contribution in [0.4, 0.5) is 4.79 Å². The molecule has 0 aliphatic rings. The SMILES string of the molecule is COc1cccc(CNC(=O)N/C=C/c2ccccc2)c1. The van der Waals surface area contributed by atoms with E-state index in [0.717, 1.165) is 16.9 Å². The van der Waals surface area contributed by atoms with Gasteiger partial charge in [-0.25, -0.2) is 4.79 Å². The molecule has 0 radical (unpaired) electrons. The van der Waals surface area contributed by atoms with Crippen LogP contribution in [0.5, 0.6) is 5.75 Å². The highest BCUT2D eigenvalue weighted by atomic mass is 16.5. The summed E-state index contributed by atoms with van der Waals surface area (Å²) in [6.45, 7) is 0.447. The maximum absolute atomic E-state index is 11.7. The van der Waals surface area contributed by atoms with Crippen molar-refractivity contribution in [3.05, 3.63) is 71.9 Å². The van der Waals surface area contributed by atoms with Crippen molar-refractivity contribution in [2.45, 2.75) is 6.54 Å². The molecule has 0 unspecified atom stereocenters. The van der Waals surface area contributed by atoms with Crippen molar-refractivity contribution >= 4 is 12.1 Å². The Hall–Kier alpha value is -2.75. The first kappa shape index (κ1) is 14.7. The maximum Gasteiger partial charge on any atom is 0.319 e. The second-order valence-corrected chi connectivity index (χ2v) is 4.42. The first-order chi connectivity index (χ1) is 10.3. The Morgan fingerprint density at radius 2 is 1.95 bits per heavy atom. The van der Waals surface area contributed by atoms with E-state index >= 15 is 0 Å². The van der Waals surface area contributed by atoms with Crippen LogP contribution in [0, 0.1) is 0 Å². The van der Waals surface area contributed by atoms with E-state index in [2.05, 4.69) is 10.6 Å². The highest BCUT2D eigenvalue weighted by Crippen LogP contribution is 2.11. The predicted octanol–water partition coefficient (Wildman–Crippen LogP) is 3.17. The number of carbonyl (C=O) groups is 1. The summed E-state index contributed by atoms with van der Waals surface area (Å²) in [6, 6.07) is 17.1. The topological polar surface area (TPSA) is 50.4 Å². The Morgan fingerprint density at radius 3 is 2.71 bits per heavy atom. The number of methoxy groups -OCH3 is 1. The van der Waals surface area contributed by atoms with Crippen LogP contribution in [0.15, 0.2) is 60.8 Å². The lowest BCUT2D eigenvalue weighted by molar-refractivity contribution is 0.244. The van der Waals surface area contributed by atoms with Crippen molar-refractivity contribution in [2.24, 2.45) is 0 Å². The molecule has 4 nitrogen and oxygen atoms in total. The molecule has 0 spiro atoms. The zero-order valence-corrected chi connectivity index (χ0v) is 11.9. The average Bonchev–Trinajstić information content (AvgIpc) is 2.54. The summed E-state index contributed by atoms with van der Waals surface area (Å²) in [4.78, 5) is 11.7. The fraction of sp³-hybridized carbons (Fsp3) is 0.118. The Balaban J connectivity index is 1.78. The maximum atomic E-state index is 11.7. The van der Waals surface area contributed by atoms with E-state index in [1.54, 1.807) is 13.3 Å². The summed E-state index contributed by atoms with van der Waals surface area (Å²) in [6.07, 6.45) is 3.46. The van der Waals surface area contributed by atoms with Gasteiger partial charge >= 0.3 is 6.03 Å². The number of rotatable bonds is 5. The number of carbonyl (C=O) groups excluding carboxylic acids is 1. The van der Waals surface area contributed by atoms with Crippen LogP contribution in [-0.4, -0.2) is 13.1 Å². The molecule has 0 aromatic heterocycles. The lowest BCUT2D eigenvalue weighted by Crippen LogP contribution is -2.31. The first-order valence-corrected chi connectivity index (χ1v) is 6.67. The highest BCUT2D eigenvalue weighted by molar-refractivity contribution is 5.75. The van der Waals surface area contributed by atoms with Gasteiger partial charge in [-0.1, -0.05) is 42.5 Å². The molecular formula is C17H18N2O2. The van der Waals surface area contributed by atoms with Crippen LogP contribution in [0.3, 0.4) is 0 Å². The smallest absolute Gasteiger partial charge is 0.319 e. The molecule has 2 N–H and O–H groups in total. The fourth-order valence-corrected chi connectivity index (χ4v) is 1.79. The molecule has 2 aromatic rings. The van der Waals surface area contributed by atoms with Gasteiger partial charge in [-0.2, -0.15) is 0 Å². The Kier molecular flexibility index (Phi) is 5.41. The number of benzene rings is 2. The number of ether oxygens (including phenoxy) is 1. The first-order valence-electron chi connectivity index (χ1n) is 6.67. The van der Waals surface area contributed by atoms with Gasteiger partial charge in [0.1, 0.15) is 5.75 Å². The zero-order valence-electron chi connectivity index (χ0n) is 11.9. The van der Waals surface area contributed by atoms with Crippen LogP contribution in [0.25, 0.3) is 6.08 Å². The minimum Gasteiger partial charge on any atom is -0.497 e. The fourth-order valence-electron chi connectivity index (χ4n) is 1.79. The number of urea groups is 1. The third kappa shape index (κ3) is 5.03. The summed E-state index contributed by atoms with van der Waals surface area (Å²) < 4.78 is 5.14. The van der Waals surface area contributed by atoms with Gasteiger partial charge in [0.05, 0.1) is 7.11 Å². The average molecular weight is 282 g/mol. The van der Waals surface area contributed by atoms with E-state index in [1.165, 1.54) is 0 Å². The van der Waals surface area contributed by atoms with E-state index in [0.29, 0.717) is 6.54 Å². The van der Waals surface area contributed by atoms with Crippen LogP contribution < -0.4 is 15.4 Å². The molecule has 0 heterocycles. The normalized spacial score (nSPS) is 10.3. The van der Waals surface area contributed by atoms with E-state index in [4.69, 9.17) is 4.74 Å². The van der Waals surface area contributed by atoms with Gasteiger partial charge in [0, 0.05) is 12.7 Å². The van der Waals surface area contributed by atoms with E-state index in [9.17, 15) is 4.79 Å². The summed E-state index contributed by atoms with van der Waals surface area (Å²) in [5, 5.41) is 5.45. The Morgan fingerprint density at radius 1 is 1.14 bits per heavy atom. The van der Waals surface area contributed by atoms with E-state index < -0.39 is 0 Å². The van der Waals surface area contributed by atoms with Gasteiger partial charge in [-0.05, 0) is 29.3 Å². The molecule has 2 amide bonds. The number of amides is 2. The molecule has 2 aromatic carbocycles. The second-order valence-electron chi connectivity index (χ2n) is 4.42. The standard InChI is InChI=1S/C17H18N2O2/c1-21-16-9-5-8-15(12-16)13-19-17(20)18-11-10-14-6-3-2-4-7-14/h2-12H,13H2,1H3,(H2,18,19,20)/b11-10+. The van der Waals surface area contributed by atoms with Crippen LogP contribution in [0.1, 0.15) is 11.1 Å². The van der Waals surface area contributed by atoms with Crippen molar-refractivity contribution < 1.29 is 9.53 Å². The van der Waals surface area contributed by atoms with Gasteiger partial charge < -0.3 is 15.4 Å². The van der Waals surface area contributed by atoms with Crippen LogP contribution >= 0.6 is 0 Å². The molecule has 0 fully saturated rings. The number of nitrogens with one attached hydrogen (secondary N) is 2. The quantitative estimate of drug-likeness (QED) is 0.885. The largest absolute Gasteiger partial charge is 0.497 e. The predicted molar refractivity (Wildman–Crippen MR) is 83.8 cm³/mol. The molecule has 0 bridgehead atoms. The van der Waals surface area contributed by atoms with Crippen molar-refractivity contribution in [3.63, 3.8) is 0 Å². The van der Waals surface area contributed by atoms with Gasteiger partial charge in [0.25, 0.3) is 0 Å². The van der Waals surface area contributed by atoms with Gasteiger partial charge in [0.2, 0.25) is 0 Å². The molecule has 108 valence electrons. The lowest BCUT2D eigenvalue weighted by Gasteiger charge is -2.06. The zero-order chi connectivity index (χ0) is 14.9. The minimum absolute atomic E-state index is 0.245. The third-order valence-electron chi connectivity index (χ3n) is 2.88. The Bertz CT molecular complexity index is 609. The van der Waals surface area contributed by atoms with Crippen molar-refractivity contribution in [2.75, 3.05) is 7.11 Å². The minimum atomic E-state index is -0.245. The molecule has 21 heavy (non-hydrogen) atoms. The molecule has 0 atom stereocenters. The summed E-state index contributed by atoms with van der Waals surface area (Å²) in [5.74, 6) is 0.777. The molecule has 0 saturated carbocycles. The molecule has 0 aliphatic heterocycles. The summed E-state index contributed by atoms with van der Waals surface area (Å²) >= 11 is 0. The number of hydrogen-bond acceptors (Lipinski definition) is 2. The molecule has 0 aliphatic carbocycles. The molecule has 4 heteroatoms. The molecule has 0 saturated heterocycles. The number of hydrogen-bond donors (Lipinski definition) is 2. The van der Waals surface area contributed by atoms with Crippen molar-refractivity contribution in [3.8, 4) is 5.75 Å². The van der Waals surface area contributed by atoms with Crippen LogP contribution in [0.2, 0.25) is 0 Å². The van der Waals surface area contributed by atoms with E-state index in [-0.39, 0.29) is 6.03 Å². The second kappa shape index (κ2) is 7.75. The van der Waals surface area contributed by atoms with Gasteiger partial charge in [-0.3, -0.25) is 0 Å². The summed E-state index contributed by atoms with van der Waals surface area (Å²) in [5.41, 5.74) is 2.02. The third-order valence-corrected chi connectivity index (χ3v) is 2.88.